The van der Waals surface area contributed by atoms with Gasteiger partial charge in [-0.1, -0.05) is 17.7 Å². The predicted octanol–water partition coefficient (Wildman–Crippen LogP) is 2.54. The fourth-order valence-electron chi connectivity index (χ4n) is 2.95. The number of benzene rings is 2. The number of amides is 1. The van der Waals surface area contributed by atoms with Crippen LogP contribution in [0.15, 0.2) is 47.4 Å². The summed E-state index contributed by atoms with van der Waals surface area (Å²) in [6, 6.07) is 10.9. The number of nitrogens with one attached hydrogen (secondary N) is 1. The van der Waals surface area contributed by atoms with E-state index in [0.29, 0.717) is 42.5 Å². The highest BCUT2D eigenvalue weighted by atomic mass is 35.5. The van der Waals surface area contributed by atoms with Gasteiger partial charge in [-0.2, -0.15) is 4.31 Å². The molecule has 1 fully saturated rings. The summed E-state index contributed by atoms with van der Waals surface area (Å²) in [5, 5.41) is 3.15. The Bertz CT molecular complexity index is 973. The molecular formula is C19H22ClN3O4S. The van der Waals surface area contributed by atoms with Crippen LogP contribution in [-0.4, -0.2) is 63.9 Å². The molecule has 1 amide bonds. The molecule has 1 aliphatic rings. The van der Waals surface area contributed by atoms with E-state index in [9.17, 15) is 13.2 Å². The molecule has 0 spiro atoms. The van der Waals surface area contributed by atoms with Crippen molar-refractivity contribution in [1.82, 2.24) is 9.21 Å². The smallest absolute Gasteiger partial charge is 0.255 e. The van der Waals surface area contributed by atoms with Gasteiger partial charge in [0.05, 0.1) is 17.7 Å². The first-order chi connectivity index (χ1) is 13.3. The van der Waals surface area contributed by atoms with Crippen molar-refractivity contribution in [2.75, 3.05) is 45.7 Å². The summed E-state index contributed by atoms with van der Waals surface area (Å²) in [6.07, 6.45) is 0. The molecule has 1 aliphatic heterocycles. The Morgan fingerprint density at radius 3 is 2.46 bits per heavy atom. The Hall–Kier alpha value is -2.13. The zero-order valence-corrected chi connectivity index (χ0v) is 17.3. The predicted molar refractivity (Wildman–Crippen MR) is 109 cm³/mol. The van der Waals surface area contributed by atoms with Crippen LogP contribution in [0.1, 0.15) is 10.4 Å². The fraction of sp³-hybridized carbons (Fsp3) is 0.316. The number of halogens is 1. The van der Waals surface area contributed by atoms with Gasteiger partial charge in [0, 0.05) is 36.8 Å². The van der Waals surface area contributed by atoms with E-state index in [-0.39, 0.29) is 10.6 Å². The first-order valence-corrected chi connectivity index (χ1v) is 10.6. The van der Waals surface area contributed by atoms with Crippen molar-refractivity contribution in [2.24, 2.45) is 0 Å². The van der Waals surface area contributed by atoms with Crippen molar-refractivity contribution in [3.63, 3.8) is 0 Å². The monoisotopic (exact) mass is 423 g/mol. The normalized spacial score (nSPS) is 16.0. The van der Waals surface area contributed by atoms with Gasteiger partial charge >= 0.3 is 0 Å². The van der Waals surface area contributed by atoms with E-state index in [1.54, 1.807) is 18.2 Å². The average molecular weight is 424 g/mol. The van der Waals surface area contributed by atoms with E-state index in [2.05, 4.69) is 10.2 Å². The van der Waals surface area contributed by atoms with Gasteiger partial charge in [-0.05, 0) is 43.4 Å². The summed E-state index contributed by atoms with van der Waals surface area (Å²) in [5.74, 6) is -0.0392. The molecule has 28 heavy (non-hydrogen) atoms. The Kier molecular flexibility index (Phi) is 6.24. The number of anilines is 1. The molecule has 0 radical (unpaired) electrons. The number of nitrogens with zero attached hydrogens (tertiary/aromatic N) is 2. The van der Waals surface area contributed by atoms with Crippen molar-refractivity contribution < 1.29 is 17.9 Å². The SMILES string of the molecule is COc1ccc(S(=O)(=O)N2CCN(C)CC2)cc1NC(=O)c1cccc(Cl)c1. The second-order valence-electron chi connectivity index (χ2n) is 6.53. The van der Waals surface area contributed by atoms with Crippen LogP contribution in [0.3, 0.4) is 0 Å². The molecular weight excluding hydrogens is 402 g/mol. The molecule has 2 aromatic carbocycles. The van der Waals surface area contributed by atoms with Crippen molar-refractivity contribution in [3.8, 4) is 5.75 Å². The summed E-state index contributed by atoms with van der Waals surface area (Å²) in [6.45, 7) is 2.20. The lowest BCUT2D eigenvalue weighted by Crippen LogP contribution is -2.47. The second kappa shape index (κ2) is 8.48. The molecule has 150 valence electrons. The van der Waals surface area contributed by atoms with E-state index < -0.39 is 15.9 Å². The van der Waals surface area contributed by atoms with Crippen molar-refractivity contribution >= 4 is 33.2 Å². The van der Waals surface area contributed by atoms with Crippen LogP contribution in [0.5, 0.6) is 5.75 Å². The second-order valence-corrected chi connectivity index (χ2v) is 8.91. The number of piperazine rings is 1. The molecule has 7 nitrogen and oxygen atoms in total. The largest absolute Gasteiger partial charge is 0.495 e. The average Bonchev–Trinajstić information content (AvgIpc) is 2.68. The van der Waals surface area contributed by atoms with E-state index in [1.807, 2.05) is 7.05 Å². The Balaban J connectivity index is 1.88. The van der Waals surface area contributed by atoms with Crippen LogP contribution in [-0.2, 0) is 10.0 Å². The highest BCUT2D eigenvalue weighted by Crippen LogP contribution is 2.30. The molecule has 0 atom stereocenters. The van der Waals surface area contributed by atoms with Crippen molar-refractivity contribution in [2.45, 2.75) is 4.90 Å². The lowest BCUT2D eigenvalue weighted by molar-refractivity contribution is 0.102. The molecule has 9 heteroatoms. The minimum atomic E-state index is -3.66. The van der Waals surface area contributed by atoms with Crippen LogP contribution < -0.4 is 10.1 Å². The van der Waals surface area contributed by atoms with Crippen LogP contribution in [0.2, 0.25) is 5.02 Å². The van der Waals surface area contributed by atoms with Crippen LogP contribution in [0.4, 0.5) is 5.69 Å². The maximum atomic E-state index is 13.0. The van der Waals surface area contributed by atoms with Crippen LogP contribution >= 0.6 is 11.6 Å². The Morgan fingerprint density at radius 1 is 1.11 bits per heavy atom. The van der Waals surface area contributed by atoms with Crippen molar-refractivity contribution in [3.05, 3.63) is 53.1 Å². The first-order valence-electron chi connectivity index (χ1n) is 8.75. The van der Waals surface area contributed by atoms with Crippen molar-refractivity contribution in [1.29, 1.82) is 0 Å². The quantitative estimate of drug-likeness (QED) is 0.799. The van der Waals surface area contributed by atoms with E-state index in [1.165, 1.54) is 35.7 Å². The molecule has 0 aromatic heterocycles. The maximum Gasteiger partial charge on any atom is 0.255 e. The Labute approximate surface area is 169 Å². The zero-order chi connectivity index (χ0) is 20.3. The van der Waals surface area contributed by atoms with Gasteiger partial charge < -0.3 is 15.0 Å². The lowest BCUT2D eigenvalue weighted by atomic mass is 10.2. The van der Waals surface area contributed by atoms with Gasteiger partial charge in [-0.15, -0.1) is 0 Å². The van der Waals surface area contributed by atoms with Crippen LogP contribution in [0, 0.1) is 0 Å². The maximum absolute atomic E-state index is 13.0. The van der Waals surface area contributed by atoms with Gasteiger partial charge in [-0.3, -0.25) is 4.79 Å². The number of rotatable bonds is 5. The topological polar surface area (TPSA) is 79.0 Å². The molecule has 1 N–H and O–H groups in total. The first kappa shape index (κ1) is 20.6. The number of carbonyl (C=O) groups is 1. The van der Waals surface area contributed by atoms with E-state index in [4.69, 9.17) is 16.3 Å². The molecule has 2 aromatic rings. The third-order valence-corrected chi connectivity index (χ3v) is 6.74. The molecule has 0 unspecified atom stereocenters. The van der Waals surface area contributed by atoms with Gasteiger partial charge in [0.15, 0.2) is 0 Å². The summed E-state index contributed by atoms with van der Waals surface area (Å²) in [4.78, 5) is 14.7. The number of ether oxygens (including phenoxy) is 1. The minimum absolute atomic E-state index is 0.110. The highest BCUT2D eigenvalue weighted by molar-refractivity contribution is 7.89. The number of sulfonamides is 1. The number of hydrogen-bond donors (Lipinski definition) is 1. The number of hydrogen-bond acceptors (Lipinski definition) is 5. The summed E-state index contributed by atoms with van der Waals surface area (Å²) < 4.78 is 32.7. The van der Waals surface area contributed by atoms with E-state index >= 15 is 0 Å². The molecule has 0 aliphatic carbocycles. The van der Waals surface area contributed by atoms with Gasteiger partial charge in [-0.25, -0.2) is 8.42 Å². The zero-order valence-electron chi connectivity index (χ0n) is 15.7. The summed E-state index contributed by atoms with van der Waals surface area (Å²) in [5.41, 5.74) is 0.643. The number of carbonyl (C=O) groups excluding carboxylic acids is 1. The molecule has 1 saturated heterocycles. The minimum Gasteiger partial charge on any atom is -0.495 e. The van der Waals surface area contributed by atoms with E-state index in [0.717, 1.165) is 0 Å². The van der Waals surface area contributed by atoms with Crippen LogP contribution in [0.25, 0.3) is 0 Å². The van der Waals surface area contributed by atoms with Gasteiger partial charge in [0.2, 0.25) is 10.0 Å². The summed E-state index contributed by atoms with van der Waals surface area (Å²) >= 11 is 5.94. The Morgan fingerprint density at radius 2 is 1.82 bits per heavy atom. The molecule has 1 heterocycles. The third kappa shape index (κ3) is 4.47. The van der Waals surface area contributed by atoms with Gasteiger partial charge in [0.1, 0.15) is 5.75 Å². The standard InChI is InChI=1S/C19H22ClN3O4S/c1-22-8-10-23(11-9-22)28(25,26)16-6-7-18(27-2)17(13-16)21-19(24)14-4-3-5-15(20)12-14/h3-7,12-13H,8-11H2,1-2H3,(H,21,24). The van der Waals surface area contributed by atoms with Gasteiger partial charge in [0.25, 0.3) is 5.91 Å². The summed E-state index contributed by atoms with van der Waals surface area (Å²) in [7, 11) is -0.245. The molecule has 3 rings (SSSR count). The highest BCUT2D eigenvalue weighted by Gasteiger charge is 2.28. The number of likely N-dealkylation sites (N-methyl/N-ethyl adjacent to an activating group) is 1. The molecule has 0 bridgehead atoms. The number of methoxy groups -OCH3 is 1. The fourth-order valence-corrected chi connectivity index (χ4v) is 4.59. The lowest BCUT2D eigenvalue weighted by Gasteiger charge is -2.31. The molecule has 0 saturated carbocycles. The third-order valence-electron chi connectivity index (χ3n) is 4.61.